The van der Waals surface area contributed by atoms with Gasteiger partial charge in [0.1, 0.15) is 6.26 Å². The van der Waals surface area contributed by atoms with Gasteiger partial charge in [-0.3, -0.25) is 4.79 Å². The highest BCUT2D eigenvalue weighted by Gasteiger charge is 2.12. The van der Waals surface area contributed by atoms with E-state index in [1.807, 2.05) is 12.1 Å². The first-order valence-corrected chi connectivity index (χ1v) is 9.30. The number of nitrogens with two attached hydrogens (primary N) is 1. The van der Waals surface area contributed by atoms with Crippen LogP contribution in [0.2, 0.25) is 0 Å². The summed E-state index contributed by atoms with van der Waals surface area (Å²) in [6.45, 7) is 2.91. The normalized spacial score (nSPS) is 10.8. The molecule has 0 bridgehead atoms. The van der Waals surface area contributed by atoms with Gasteiger partial charge in [0.15, 0.2) is 5.69 Å². The van der Waals surface area contributed by atoms with E-state index >= 15 is 0 Å². The van der Waals surface area contributed by atoms with Crippen molar-refractivity contribution in [3.8, 4) is 11.5 Å². The summed E-state index contributed by atoms with van der Waals surface area (Å²) < 4.78 is 5.39. The van der Waals surface area contributed by atoms with Gasteiger partial charge in [-0.05, 0) is 30.7 Å². The lowest BCUT2D eigenvalue weighted by Crippen LogP contribution is -2.24. The maximum atomic E-state index is 12.1. The number of aromatic nitrogens is 1. The molecule has 0 spiro atoms. The zero-order valence-corrected chi connectivity index (χ0v) is 15.1. The average molecular weight is 343 g/mol. The number of unbranched alkanes of at least 4 members (excludes halogenated alkanes) is 7. The molecular formula is C20H29N3O2. The standard InChI is InChI=1S/C20H29N3O2/c1-2-3-4-5-6-7-8-9-14-22-19(24)18-15-25-20(23-18)16-10-12-17(21)13-11-16/h10-13,15H,2-9,14,21H2,1H3,(H,22,24). The Balaban J connectivity index is 1.65. The summed E-state index contributed by atoms with van der Waals surface area (Å²) in [5, 5.41) is 2.90. The molecule has 0 aliphatic carbocycles. The highest BCUT2D eigenvalue weighted by Crippen LogP contribution is 2.19. The van der Waals surface area contributed by atoms with Crippen LogP contribution in [-0.2, 0) is 0 Å². The van der Waals surface area contributed by atoms with Gasteiger partial charge in [-0.1, -0.05) is 51.9 Å². The molecule has 0 unspecified atom stereocenters. The fourth-order valence-corrected chi connectivity index (χ4v) is 2.69. The third-order valence-electron chi connectivity index (χ3n) is 4.21. The van der Waals surface area contributed by atoms with E-state index < -0.39 is 0 Å². The van der Waals surface area contributed by atoms with E-state index in [1.54, 1.807) is 12.1 Å². The van der Waals surface area contributed by atoms with Crippen LogP contribution in [0, 0.1) is 0 Å². The number of carbonyl (C=O) groups excluding carboxylic acids is 1. The largest absolute Gasteiger partial charge is 0.444 e. The number of anilines is 1. The molecule has 1 aromatic carbocycles. The molecule has 136 valence electrons. The van der Waals surface area contributed by atoms with E-state index in [9.17, 15) is 4.79 Å². The van der Waals surface area contributed by atoms with Crippen molar-refractivity contribution in [3.63, 3.8) is 0 Å². The molecule has 2 rings (SSSR count). The second kappa shape index (κ2) is 10.5. The Morgan fingerprint density at radius 1 is 1.04 bits per heavy atom. The van der Waals surface area contributed by atoms with Crippen LogP contribution in [0.15, 0.2) is 34.9 Å². The predicted octanol–water partition coefficient (Wildman–Crippen LogP) is 4.79. The number of hydrogen-bond donors (Lipinski definition) is 2. The molecule has 0 fully saturated rings. The number of carbonyl (C=O) groups is 1. The minimum Gasteiger partial charge on any atom is -0.444 e. The Morgan fingerprint density at radius 2 is 1.68 bits per heavy atom. The molecule has 0 atom stereocenters. The Hall–Kier alpha value is -2.30. The van der Waals surface area contributed by atoms with Gasteiger partial charge in [0.05, 0.1) is 0 Å². The van der Waals surface area contributed by atoms with Crippen molar-refractivity contribution in [3.05, 3.63) is 36.2 Å². The van der Waals surface area contributed by atoms with E-state index in [1.165, 1.54) is 44.8 Å². The summed E-state index contributed by atoms with van der Waals surface area (Å²) in [7, 11) is 0. The number of hydrogen-bond acceptors (Lipinski definition) is 4. The lowest BCUT2D eigenvalue weighted by molar-refractivity contribution is 0.0948. The molecule has 0 aliphatic heterocycles. The minimum atomic E-state index is -0.187. The molecule has 5 heteroatoms. The van der Waals surface area contributed by atoms with Crippen LogP contribution in [0.1, 0.15) is 68.8 Å². The highest BCUT2D eigenvalue weighted by molar-refractivity contribution is 5.92. The molecule has 25 heavy (non-hydrogen) atoms. The molecule has 1 amide bonds. The molecule has 2 aromatic rings. The first-order chi connectivity index (χ1) is 12.2. The van der Waals surface area contributed by atoms with Gasteiger partial charge in [-0.15, -0.1) is 0 Å². The Labute approximate surface area is 150 Å². The molecule has 0 aliphatic rings. The van der Waals surface area contributed by atoms with Crippen molar-refractivity contribution >= 4 is 11.6 Å². The monoisotopic (exact) mass is 343 g/mol. The number of nitrogens with zero attached hydrogens (tertiary/aromatic N) is 1. The predicted molar refractivity (Wildman–Crippen MR) is 101 cm³/mol. The molecule has 1 aromatic heterocycles. The Kier molecular flexibility index (Phi) is 8.02. The van der Waals surface area contributed by atoms with E-state index in [4.69, 9.17) is 10.2 Å². The summed E-state index contributed by atoms with van der Waals surface area (Å²) in [5.74, 6) is 0.241. The quantitative estimate of drug-likeness (QED) is 0.454. The summed E-state index contributed by atoms with van der Waals surface area (Å²) in [5.41, 5.74) is 7.46. The lowest BCUT2D eigenvalue weighted by atomic mass is 10.1. The van der Waals surface area contributed by atoms with Gasteiger partial charge in [-0.25, -0.2) is 4.98 Å². The van der Waals surface area contributed by atoms with E-state index in [0.29, 0.717) is 23.8 Å². The van der Waals surface area contributed by atoms with Crippen LogP contribution in [0.5, 0.6) is 0 Å². The van der Waals surface area contributed by atoms with Crippen molar-refractivity contribution in [2.45, 2.75) is 58.3 Å². The van der Waals surface area contributed by atoms with Crippen molar-refractivity contribution in [1.29, 1.82) is 0 Å². The number of amides is 1. The number of nitrogens with one attached hydrogen (secondary N) is 1. The fourth-order valence-electron chi connectivity index (χ4n) is 2.69. The van der Waals surface area contributed by atoms with Gasteiger partial charge in [0, 0.05) is 17.8 Å². The number of benzene rings is 1. The molecule has 5 nitrogen and oxygen atoms in total. The zero-order valence-electron chi connectivity index (χ0n) is 15.1. The second-order valence-electron chi connectivity index (χ2n) is 6.39. The van der Waals surface area contributed by atoms with E-state index in [2.05, 4.69) is 17.2 Å². The first-order valence-electron chi connectivity index (χ1n) is 9.30. The molecule has 0 radical (unpaired) electrons. The van der Waals surface area contributed by atoms with Gasteiger partial charge in [0.2, 0.25) is 5.89 Å². The van der Waals surface area contributed by atoms with Crippen molar-refractivity contribution in [1.82, 2.24) is 10.3 Å². The van der Waals surface area contributed by atoms with Crippen molar-refractivity contribution in [2.24, 2.45) is 0 Å². The number of rotatable bonds is 11. The number of nitrogen functional groups attached to an aromatic ring is 1. The SMILES string of the molecule is CCCCCCCCCCNC(=O)c1coc(-c2ccc(N)cc2)n1. The molecular weight excluding hydrogens is 314 g/mol. The minimum absolute atomic E-state index is 0.187. The average Bonchev–Trinajstić information content (AvgIpc) is 3.11. The smallest absolute Gasteiger partial charge is 0.273 e. The lowest BCUT2D eigenvalue weighted by Gasteiger charge is -2.03. The molecule has 0 saturated heterocycles. The fraction of sp³-hybridized carbons (Fsp3) is 0.500. The maximum Gasteiger partial charge on any atom is 0.273 e. The number of oxazole rings is 1. The van der Waals surface area contributed by atoms with Gasteiger partial charge in [-0.2, -0.15) is 0 Å². The summed E-state index contributed by atoms with van der Waals surface area (Å²) in [4.78, 5) is 16.3. The first kappa shape index (κ1) is 19.0. The van der Waals surface area contributed by atoms with Crippen LogP contribution >= 0.6 is 0 Å². The van der Waals surface area contributed by atoms with Crippen molar-refractivity contribution in [2.75, 3.05) is 12.3 Å². The van der Waals surface area contributed by atoms with Gasteiger partial charge < -0.3 is 15.5 Å². The maximum absolute atomic E-state index is 12.1. The molecule has 1 heterocycles. The summed E-state index contributed by atoms with van der Waals surface area (Å²) in [6, 6.07) is 7.20. The Bertz CT molecular complexity index is 635. The van der Waals surface area contributed by atoms with Crippen LogP contribution in [-0.4, -0.2) is 17.4 Å². The van der Waals surface area contributed by atoms with Crippen LogP contribution in [0.3, 0.4) is 0 Å². The van der Waals surface area contributed by atoms with Crippen LogP contribution < -0.4 is 11.1 Å². The van der Waals surface area contributed by atoms with Gasteiger partial charge >= 0.3 is 0 Å². The molecule has 0 saturated carbocycles. The second-order valence-corrected chi connectivity index (χ2v) is 6.39. The zero-order chi connectivity index (χ0) is 17.9. The van der Waals surface area contributed by atoms with E-state index in [-0.39, 0.29) is 5.91 Å². The third kappa shape index (κ3) is 6.61. The summed E-state index contributed by atoms with van der Waals surface area (Å²) >= 11 is 0. The van der Waals surface area contributed by atoms with Crippen LogP contribution in [0.4, 0.5) is 5.69 Å². The third-order valence-corrected chi connectivity index (χ3v) is 4.21. The van der Waals surface area contributed by atoms with Gasteiger partial charge in [0.25, 0.3) is 5.91 Å². The van der Waals surface area contributed by atoms with E-state index in [0.717, 1.165) is 18.4 Å². The summed E-state index contributed by atoms with van der Waals surface area (Å²) in [6.07, 6.45) is 11.4. The topological polar surface area (TPSA) is 81.2 Å². The van der Waals surface area contributed by atoms with Crippen molar-refractivity contribution < 1.29 is 9.21 Å². The molecule has 3 N–H and O–H groups in total. The van der Waals surface area contributed by atoms with Crippen LogP contribution in [0.25, 0.3) is 11.5 Å². The Morgan fingerprint density at radius 3 is 2.36 bits per heavy atom. The highest BCUT2D eigenvalue weighted by atomic mass is 16.3.